The fraction of sp³-hybridized carbons (Fsp3) is 0.647. The first-order chi connectivity index (χ1) is 9.81. The summed E-state index contributed by atoms with van der Waals surface area (Å²) in [4.78, 5) is 2.62. The molecule has 0 bridgehead atoms. The van der Waals surface area contributed by atoms with Crippen LogP contribution < -0.4 is 10.1 Å². The number of hydrogen-bond acceptors (Lipinski definition) is 3. The molecule has 0 aliphatic carbocycles. The highest BCUT2D eigenvalue weighted by Crippen LogP contribution is 2.13. The number of benzene rings is 1. The fourth-order valence-electron chi connectivity index (χ4n) is 2.81. The summed E-state index contributed by atoms with van der Waals surface area (Å²) < 4.78 is 5.20. The molecule has 3 heteroatoms. The van der Waals surface area contributed by atoms with Crippen molar-refractivity contribution >= 4 is 0 Å². The summed E-state index contributed by atoms with van der Waals surface area (Å²) in [7, 11) is 1.72. The van der Waals surface area contributed by atoms with Gasteiger partial charge in [0, 0.05) is 12.6 Å². The summed E-state index contributed by atoms with van der Waals surface area (Å²) >= 11 is 0. The highest BCUT2D eigenvalue weighted by Gasteiger charge is 2.13. The Morgan fingerprint density at radius 2 is 2.05 bits per heavy atom. The van der Waals surface area contributed by atoms with Crippen molar-refractivity contribution in [1.29, 1.82) is 0 Å². The molecule has 0 saturated carbocycles. The van der Waals surface area contributed by atoms with Crippen molar-refractivity contribution in [2.75, 3.05) is 33.3 Å². The van der Waals surface area contributed by atoms with Crippen molar-refractivity contribution in [1.82, 2.24) is 10.2 Å². The zero-order valence-corrected chi connectivity index (χ0v) is 12.9. The van der Waals surface area contributed by atoms with Crippen LogP contribution in [0.5, 0.6) is 5.75 Å². The van der Waals surface area contributed by atoms with Gasteiger partial charge >= 0.3 is 0 Å². The lowest BCUT2D eigenvalue weighted by molar-refractivity contribution is 0.234. The van der Waals surface area contributed by atoms with Gasteiger partial charge in [-0.2, -0.15) is 0 Å². The van der Waals surface area contributed by atoms with Gasteiger partial charge in [0.15, 0.2) is 0 Å². The lowest BCUT2D eigenvalue weighted by Crippen LogP contribution is -2.40. The average Bonchev–Trinajstić information content (AvgIpc) is 2.47. The van der Waals surface area contributed by atoms with Crippen molar-refractivity contribution in [3.8, 4) is 5.75 Å². The molecule has 20 heavy (non-hydrogen) atoms. The van der Waals surface area contributed by atoms with E-state index in [9.17, 15) is 0 Å². The van der Waals surface area contributed by atoms with Crippen LogP contribution in [0.15, 0.2) is 24.3 Å². The van der Waals surface area contributed by atoms with Crippen molar-refractivity contribution in [2.45, 2.75) is 38.6 Å². The molecule has 1 N–H and O–H groups in total. The lowest BCUT2D eigenvalue weighted by atomic mass is 10.1. The first kappa shape index (κ1) is 15.3. The molecule has 112 valence electrons. The van der Waals surface area contributed by atoms with Crippen molar-refractivity contribution in [3.05, 3.63) is 29.8 Å². The van der Waals surface area contributed by atoms with Gasteiger partial charge in [0.25, 0.3) is 0 Å². The first-order valence-electron chi connectivity index (χ1n) is 7.90. The fourth-order valence-corrected chi connectivity index (χ4v) is 2.81. The van der Waals surface area contributed by atoms with E-state index in [1.165, 1.54) is 44.5 Å². The molecule has 0 radical (unpaired) electrons. The monoisotopic (exact) mass is 276 g/mol. The Labute approximate surface area is 123 Å². The molecular weight excluding hydrogens is 248 g/mol. The van der Waals surface area contributed by atoms with E-state index >= 15 is 0 Å². The molecule has 1 aliphatic rings. The van der Waals surface area contributed by atoms with Gasteiger partial charge in [-0.25, -0.2) is 0 Å². The van der Waals surface area contributed by atoms with E-state index in [4.69, 9.17) is 4.74 Å². The molecule has 3 nitrogen and oxygen atoms in total. The molecule has 1 aliphatic heterocycles. The minimum atomic E-state index is 0.707. The smallest absolute Gasteiger partial charge is 0.118 e. The van der Waals surface area contributed by atoms with Crippen LogP contribution in [0.4, 0.5) is 0 Å². The summed E-state index contributed by atoms with van der Waals surface area (Å²) in [5.74, 6) is 0.942. The third kappa shape index (κ3) is 4.80. The number of hydrogen-bond donors (Lipinski definition) is 1. The van der Waals surface area contributed by atoms with Crippen LogP contribution in [0.25, 0.3) is 0 Å². The molecule has 1 aromatic carbocycles. The number of rotatable bonds is 5. The van der Waals surface area contributed by atoms with Crippen LogP contribution in [-0.2, 0) is 6.42 Å². The topological polar surface area (TPSA) is 24.5 Å². The average molecular weight is 276 g/mol. The van der Waals surface area contributed by atoms with E-state index in [1.54, 1.807) is 7.11 Å². The maximum absolute atomic E-state index is 5.20. The normalized spacial score (nSPS) is 21.2. The Hall–Kier alpha value is -1.06. The number of nitrogens with one attached hydrogen (secondary N) is 1. The highest BCUT2D eigenvalue weighted by atomic mass is 16.5. The van der Waals surface area contributed by atoms with E-state index < -0.39 is 0 Å². The quantitative estimate of drug-likeness (QED) is 0.895. The molecule has 0 spiro atoms. The van der Waals surface area contributed by atoms with E-state index in [1.807, 2.05) is 0 Å². The predicted molar refractivity (Wildman–Crippen MR) is 84.5 cm³/mol. The third-order valence-corrected chi connectivity index (χ3v) is 4.25. The van der Waals surface area contributed by atoms with Crippen LogP contribution in [0.2, 0.25) is 0 Å². The molecule has 1 atom stereocenters. The molecule has 0 aromatic heterocycles. The van der Waals surface area contributed by atoms with Gasteiger partial charge in [0.05, 0.1) is 7.11 Å². The van der Waals surface area contributed by atoms with Crippen LogP contribution in [0.3, 0.4) is 0 Å². The summed E-state index contributed by atoms with van der Waals surface area (Å²) in [6.45, 7) is 7.06. The number of ether oxygens (including phenoxy) is 1. The molecule has 1 saturated heterocycles. The highest BCUT2D eigenvalue weighted by molar-refractivity contribution is 5.27. The summed E-state index contributed by atoms with van der Waals surface area (Å²) in [6.07, 6.45) is 4.92. The molecule has 0 amide bonds. The zero-order chi connectivity index (χ0) is 14.2. The maximum atomic E-state index is 5.20. The van der Waals surface area contributed by atoms with Crippen LogP contribution in [0.1, 0.15) is 31.7 Å². The Morgan fingerprint density at radius 1 is 1.25 bits per heavy atom. The van der Waals surface area contributed by atoms with Gasteiger partial charge in [-0.15, -0.1) is 0 Å². The van der Waals surface area contributed by atoms with Gasteiger partial charge in [0.1, 0.15) is 5.75 Å². The second-order valence-electron chi connectivity index (χ2n) is 5.64. The van der Waals surface area contributed by atoms with Crippen LogP contribution >= 0.6 is 0 Å². The van der Waals surface area contributed by atoms with E-state index in [2.05, 4.69) is 41.4 Å². The molecule has 1 unspecified atom stereocenters. The largest absolute Gasteiger partial charge is 0.497 e. The summed E-state index contributed by atoms with van der Waals surface area (Å²) in [6, 6.07) is 9.18. The third-order valence-electron chi connectivity index (χ3n) is 4.25. The van der Waals surface area contributed by atoms with Crippen molar-refractivity contribution in [3.63, 3.8) is 0 Å². The minimum Gasteiger partial charge on any atom is -0.497 e. The Morgan fingerprint density at radius 3 is 2.75 bits per heavy atom. The molecule has 2 rings (SSSR count). The first-order valence-corrected chi connectivity index (χ1v) is 7.90. The van der Waals surface area contributed by atoms with Gasteiger partial charge in [-0.05, 0) is 63.0 Å². The standard InChI is InChI=1S/C17H28N2O/c1-3-16-10-14-19(12-4-11-18-16)13-9-15-5-7-17(20-2)8-6-15/h5-8,16,18H,3-4,9-14H2,1-2H3. The SMILES string of the molecule is CCC1CCN(CCc2ccc(OC)cc2)CCCN1. The van der Waals surface area contributed by atoms with E-state index in [0.717, 1.165) is 18.7 Å². The second-order valence-corrected chi connectivity index (χ2v) is 5.64. The molecular formula is C17H28N2O. The van der Waals surface area contributed by atoms with E-state index in [0.29, 0.717) is 6.04 Å². The molecule has 1 fully saturated rings. The van der Waals surface area contributed by atoms with Crippen molar-refractivity contribution in [2.24, 2.45) is 0 Å². The van der Waals surface area contributed by atoms with Gasteiger partial charge in [0.2, 0.25) is 0 Å². The van der Waals surface area contributed by atoms with Crippen molar-refractivity contribution < 1.29 is 4.74 Å². The zero-order valence-electron chi connectivity index (χ0n) is 12.9. The molecule has 1 heterocycles. The number of nitrogens with zero attached hydrogens (tertiary/aromatic N) is 1. The Bertz CT molecular complexity index is 377. The van der Waals surface area contributed by atoms with Gasteiger partial charge in [-0.3, -0.25) is 0 Å². The Balaban J connectivity index is 1.79. The summed E-state index contributed by atoms with van der Waals surface area (Å²) in [5, 5.41) is 3.64. The lowest BCUT2D eigenvalue weighted by Gasteiger charge is -2.28. The summed E-state index contributed by atoms with van der Waals surface area (Å²) in [5.41, 5.74) is 1.40. The van der Waals surface area contributed by atoms with Gasteiger partial charge in [-0.1, -0.05) is 19.1 Å². The van der Waals surface area contributed by atoms with E-state index in [-0.39, 0.29) is 0 Å². The Kier molecular flexibility index (Phi) is 6.34. The van der Waals surface area contributed by atoms with Gasteiger partial charge < -0.3 is 15.0 Å². The minimum absolute atomic E-state index is 0.707. The predicted octanol–water partition coefficient (Wildman–Crippen LogP) is 2.70. The second kappa shape index (κ2) is 8.28. The molecule has 1 aromatic rings. The maximum Gasteiger partial charge on any atom is 0.118 e. The van der Waals surface area contributed by atoms with Crippen LogP contribution in [0, 0.1) is 0 Å². The number of methoxy groups -OCH3 is 1. The van der Waals surface area contributed by atoms with Crippen LogP contribution in [-0.4, -0.2) is 44.2 Å².